The molecule has 5 rings (SSSR count). The first kappa shape index (κ1) is 19.7. The molecule has 30 heavy (non-hydrogen) atoms. The quantitative estimate of drug-likeness (QED) is 0.650. The van der Waals surface area contributed by atoms with E-state index >= 15 is 0 Å². The monoisotopic (exact) mass is 424 g/mol. The van der Waals surface area contributed by atoms with E-state index in [1.807, 2.05) is 22.7 Å². The van der Waals surface area contributed by atoms with Gasteiger partial charge in [-0.15, -0.1) is 11.3 Å². The fourth-order valence-electron chi connectivity index (χ4n) is 4.76. The minimum atomic E-state index is 0.000823. The molecule has 0 radical (unpaired) electrons. The lowest BCUT2D eigenvalue weighted by Gasteiger charge is -2.27. The van der Waals surface area contributed by atoms with Crippen LogP contribution < -0.4 is 0 Å². The van der Waals surface area contributed by atoms with Crippen molar-refractivity contribution < 1.29 is 9.53 Å². The Labute approximate surface area is 180 Å². The average molecular weight is 425 g/mol. The second-order valence-electron chi connectivity index (χ2n) is 8.44. The lowest BCUT2D eigenvalue weighted by molar-refractivity contribution is 0.0303. The van der Waals surface area contributed by atoms with E-state index in [1.54, 1.807) is 0 Å². The van der Waals surface area contributed by atoms with Gasteiger partial charge in [-0.2, -0.15) is 0 Å². The first-order chi connectivity index (χ1) is 14.7. The van der Waals surface area contributed by atoms with Gasteiger partial charge in [0.15, 0.2) is 5.01 Å². The van der Waals surface area contributed by atoms with E-state index < -0.39 is 0 Å². The predicted octanol–water partition coefficient (Wildman–Crippen LogP) is 4.84. The summed E-state index contributed by atoms with van der Waals surface area (Å²) in [7, 11) is 0. The number of carbonyl (C=O) groups excluding carboxylic acids is 1. The standard InChI is InChI=1S/C23H28N4O2S/c1-2-15-3-5-16(6-4-15)17-11-18-19(13-25-21(18)24-12-17)20-14-30-22(26-20)23(28)27-7-9-29-10-8-27/h11-16H,2-10H2,1H3,(H,24,25). The number of fused-ring (bicyclic) bond motifs is 1. The zero-order valence-electron chi connectivity index (χ0n) is 17.4. The maximum Gasteiger partial charge on any atom is 0.283 e. The third-order valence-electron chi connectivity index (χ3n) is 6.71. The van der Waals surface area contributed by atoms with Crippen LogP contribution in [0.1, 0.15) is 60.3 Å². The zero-order valence-corrected chi connectivity index (χ0v) is 18.2. The van der Waals surface area contributed by atoms with E-state index in [4.69, 9.17) is 4.74 Å². The van der Waals surface area contributed by atoms with Crippen molar-refractivity contribution in [3.8, 4) is 11.3 Å². The molecule has 1 aliphatic heterocycles. The summed E-state index contributed by atoms with van der Waals surface area (Å²) in [5.41, 5.74) is 4.08. The second-order valence-corrected chi connectivity index (χ2v) is 9.29. The number of nitrogens with one attached hydrogen (secondary N) is 1. The van der Waals surface area contributed by atoms with Crippen LogP contribution >= 0.6 is 11.3 Å². The largest absolute Gasteiger partial charge is 0.378 e. The van der Waals surface area contributed by atoms with Crippen LogP contribution in [0.3, 0.4) is 0 Å². The minimum Gasteiger partial charge on any atom is -0.378 e. The van der Waals surface area contributed by atoms with E-state index in [9.17, 15) is 4.79 Å². The number of aromatic amines is 1. The minimum absolute atomic E-state index is 0.000823. The molecule has 7 heteroatoms. The number of amides is 1. The topological polar surface area (TPSA) is 71.1 Å². The number of morpholine rings is 1. The molecule has 0 unspecified atom stereocenters. The van der Waals surface area contributed by atoms with Gasteiger partial charge in [-0.25, -0.2) is 9.97 Å². The van der Waals surface area contributed by atoms with Gasteiger partial charge < -0.3 is 14.6 Å². The molecule has 2 fully saturated rings. The van der Waals surface area contributed by atoms with Crippen LogP contribution in [-0.2, 0) is 4.74 Å². The van der Waals surface area contributed by atoms with Gasteiger partial charge in [0, 0.05) is 41.8 Å². The van der Waals surface area contributed by atoms with E-state index in [-0.39, 0.29) is 5.91 Å². The summed E-state index contributed by atoms with van der Waals surface area (Å²) in [6.07, 6.45) is 10.4. The van der Waals surface area contributed by atoms with Crippen LogP contribution in [0.15, 0.2) is 23.8 Å². The average Bonchev–Trinajstić information content (AvgIpc) is 3.46. The summed E-state index contributed by atoms with van der Waals surface area (Å²) in [6.45, 7) is 4.77. The molecular formula is C23H28N4O2S. The first-order valence-corrected chi connectivity index (χ1v) is 11.9. The molecule has 3 aromatic heterocycles. The van der Waals surface area contributed by atoms with E-state index in [1.165, 1.54) is 49.0 Å². The van der Waals surface area contributed by atoms with Crippen molar-refractivity contribution in [1.82, 2.24) is 19.9 Å². The molecule has 3 aromatic rings. The maximum atomic E-state index is 12.8. The fourth-order valence-corrected chi connectivity index (χ4v) is 5.54. The molecule has 0 spiro atoms. The Bertz CT molecular complexity index is 1030. The Balaban J connectivity index is 1.40. The summed E-state index contributed by atoms with van der Waals surface area (Å²) >= 11 is 1.42. The van der Waals surface area contributed by atoms with Crippen molar-refractivity contribution in [3.63, 3.8) is 0 Å². The highest BCUT2D eigenvalue weighted by atomic mass is 32.1. The van der Waals surface area contributed by atoms with Gasteiger partial charge in [0.25, 0.3) is 5.91 Å². The summed E-state index contributed by atoms with van der Waals surface area (Å²) in [6, 6.07) is 2.29. The molecular weight excluding hydrogens is 396 g/mol. The number of pyridine rings is 1. The number of hydrogen-bond acceptors (Lipinski definition) is 5. The van der Waals surface area contributed by atoms with Crippen LogP contribution in [-0.4, -0.2) is 52.1 Å². The van der Waals surface area contributed by atoms with Crippen LogP contribution in [0.4, 0.5) is 0 Å². The van der Waals surface area contributed by atoms with Gasteiger partial charge >= 0.3 is 0 Å². The first-order valence-electron chi connectivity index (χ1n) is 11.0. The highest BCUT2D eigenvalue weighted by Crippen LogP contribution is 2.38. The third-order valence-corrected chi connectivity index (χ3v) is 7.54. The fraction of sp³-hybridized carbons (Fsp3) is 0.522. The maximum absolute atomic E-state index is 12.8. The Kier molecular flexibility index (Phi) is 5.56. The Morgan fingerprint density at radius 3 is 2.83 bits per heavy atom. The van der Waals surface area contributed by atoms with E-state index in [2.05, 4.69) is 27.9 Å². The van der Waals surface area contributed by atoms with Gasteiger partial charge in [0.2, 0.25) is 0 Å². The predicted molar refractivity (Wildman–Crippen MR) is 119 cm³/mol. The van der Waals surface area contributed by atoms with Gasteiger partial charge in [-0.05, 0) is 49.1 Å². The van der Waals surface area contributed by atoms with Crippen molar-refractivity contribution in [2.45, 2.75) is 44.9 Å². The SMILES string of the molecule is CCC1CCC(c2cnc3[nH]cc(-c4csc(C(=O)N5CCOCC5)n4)c3c2)CC1. The van der Waals surface area contributed by atoms with Crippen molar-refractivity contribution in [1.29, 1.82) is 0 Å². The van der Waals surface area contributed by atoms with Gasteiger partial charge in [-0.3, -0.25) is 4.79 Å². The van der Waals surface area contributed by atoms with Crippen LogP contribution in [0.5, 0.6) is 0 Å². The molecule has 0 bridgehead atoms. The molecule has 4 heterocycles. The number of thiazole rings is 1. The molecule has 1 saturated carbocycles. The van der Waals surface area contributed by atoms with E-state index in [0.29, 0.717) is 37.2 Å². The highest BCUT2D eigenvalue weighted by Gasteiger charge is 2.24. The molecule has 1 aliphatic carbocycles. The van der Waals surface area contributed by atoms with Crippen molar-refractivity contribution in [2.24, 2.45) is 5.92 Å². The van der Waals surface area contributed by atoms with Gasteiger partial charge in [0.1, 0.15) is 5.65 Å². The number of H-pyrrole nitrogens is 1. The smallest absolute Gasteiger partial charge is 0.283 e. The molecule has 1 N–H and O–H groups in total. The number of aromatic nitrogens is 3. The molecule has 6 nitrogen and oxygen atoms in total. The second kappa shape index (κ2) is 8.47. The molecule has 158 valence electrons. The lowest BCUT2D eigenvalue weighted by atomic mass is 9.78. The Hall–Kier alpha value is -2.25. The summed E-state index contributed by atoms with van der Waals surface area (Å²) in [5, 5.41) is 3.62. The van der Waals surface area contributed by atoms with Gasteiger partial charge in [0.05, 0.1) is 18.9 Å². The third kappa shape index (κ3) is 3.76. The Morgan fingerprint density at radius 1 is 1.27 bits per heavy atom. The summed E-state index contributed by atoms with van der Waals surface area (Å²) in [4.78, 5) is 27.2. The number of hydrogen-bond donors (Lipinski definition) is 1. The van der Waals surface area contributed by atoms with E-state index in [0.717, 1.165) is 28.2 Å². The number of ether oxygens (including phenoxy) is 1. The number of nitrogens with zero attached hydrogens (tertiary/aromatic N) is 3. The Morgan fingerprint density at radius 2 is 2.07 bits per heavy atom. The molecule has 1 saturated heterocycles. The molecule has 0 aromatic carbocycles. The van der Waals surface area contributed by atoms with Crippen molar-refractivity contribution in [2.75, 3.05) is 26.3 Å². The van der Waals surface area contributed by atoms with Crippen molar-refractivity contribution in [3.05, 3.63) is 34.4 Å². The zero-order chi connectivity index (χ0) is 20.5. The number of rotatable bonds is 4. The lowest BCUT2D eigenvalue weighted by Crippen LogP contribution is -2.40. The van der Waals surface area contributed by atoms with Crippen LogP contribution in [0, 0.1) is 5.92 Å². The summed E-state index contributed by atoms with van der Waals surface area (Å²) in [5.74, 6) is 1.49. The number of carbonyl (C=O) groups is 1. The van der Waals surface area contributed by atoms with Crippen LogP contribution in [0.25, 0.3) is 22.3 Å². The van der Waals surface area contributed by atoms with Crippen LogP contribution in [0.2, 0.25) is 0 Å². The normalized spacial score (nSPS) is 22.5. The highest BCUT2D eigenvalue weighted by molar-refractivity contribution is 7.12. The van der Waals surface area contributed by atoms with Crippen molar-refractivity contribution >= 4 is 28.3 Å². The molecule has 1 amide bonds. The molecule has 2 aliphatic rings. The summed E-state index contributed by atoms with van der Waals surface area (Å²) < 4.78 is 5.35. The molecule has 0 atom stereocenters. The van der Waals surface area contributed by atoms with Gasteiger partial charge in [-0.1, -0.05) is 13.3 Å².